The highest BCUT2D eigenvalue weighted by molar-refractivity contribution is 5.27. The van der Waals surface area contributed by atoms with E-state index in [1.165, 1.54) is 0 Å². The molecule has 1 N–H and O–H groups in total. The number of hydrogen-bond donors (Lipinski definition) is 1. The van der Waals surface area contributed by atoms with Crippen molar-refractivity contribution >= 4 is 5.69 Å². The monoisotopic (exact) mass is 328 g/mol. The van der Waals surface area contributed by atoms with Crippen LogP contribution in [0.2, 0.25) is 0 Å². The molecule has 0 saturated carbocycles. The van der Waals surface area contributed by atoms with E-state index in [1.54, 1.807) is 0 Å². The summed E-state index contributed by atoms with van der Waals surface area (Å²) in [6, 6.07) is 5.83. The third-order valence-corrected chi connectivity index (χ3v) is 3.17. The minimum Gasteiger partial charge on any atom is -0.387 e. The smallest absolute Gasteiger partial charge is 0.387 e. The van der Waals surface area contributed by atoms with Crippen molar-refractivity contribution in [1.82, 2.24) is 4.57 Å². The molecule has 0 aliphatic carbocycles. The minimum atomic E-state index is -4.49. The highest BCUT2D eigenvalue weighted by Gasteiger charge is 2.30. The van der Waals surface area contributed by atoms with Crippen molar-refractivity contribution in [2.24, 2.45) is 0 Å². The quantitative estimate of drug-likeness (QED) is 0.690. The summed E-state index contributed by atoms with van der Waals surface area (Å²) in [7, 11) is 0. The maximum absolute atomic E-state index is 12.5. The van der Waals surface area contributed by atoms with Crippen LogP contribution in [0.3, 0.4) is 0 Å². The average Bonchev–Trinajstić information content (AvgIpc) is 2.48. The molecule has 0 spiro atoms. The van der Waals surface area contributed by atoms with Crippen molar-refractivity contribution in [3.8, 4) is 0 Å². The number of rotatable bonds is 4. The van der Waals surface area contributed by atoms with Crippen LogP contribution >= 0.6 is 0 Å². The summed E-state index contributed by atoms with van der Waals surface area (Å²) in [6.45, 7) is -0.314. The molecule has 0 amide bonds. The van der Waals surface area contributed by atoms with Crippen LogP contribution in [0, 0.1) is 10.1 Å². The molecule has 0 aliphatic heterocycles. The Morgan fingerprint density at radius 2 is 1.78 bits per heavy atom. The molecule has 1 heterocycles. The van der Waals surface area contributed by atoms with E-state index in [0.717, 1.165) is 47.2 Å². The second-order valence-electron chi connectivity index (χ2n) is 4.77. The fourth-order valence-corrected chi connectivity index (χ4v) is 1.96. The standard InChI is InChI=1S/C14H11F3N2O4/c15-14(16,17)10-3-1-9(2-4-10)12(20)8-18-7-11(19(22)23)5-6-13(18)21/h1-7,12,20H,8H2. The molecule has 2 aromatic rings. The SMILES string of the molecule is O=c1ccc([N+](=O)[O-])cn1CC(O)c1ccc(C(F)(F)F)cc1. The van der Waals surface area contributed by atoms with E-state index in [9.17, 15) is 33.2 Å². The molecule has 1 aromatic heterocycles. The Morgan fingerprint density at radius 1 is 1.17 bits per heavy atom. The Balaban J connectivity index is 2.22. The predicted octanol–water partition coefficient (Wildman–Crippen LogP) is 2.51. The molecule has 1 aromatic carbocycles. The minimum absolute atomic E-state index is 0.163. The van der Waals surface area contributed by atoms with Crippen LogP contribution in [-0.4, -0.2) is 14.6 Å². The van der Waals surface area contributed by atoms with Crippen molar-refractivity contribution < 1.29 is 23.2 Å². The van der Waals surface area contributed by atoms with E-state index in [2.05, 4.69) is 0 Å². The molecule has 23 heavy (non-hydrogen) atoms. The van der Waals surface area contributed by atoms with E-state index in [4.69, 9.17) is 0 Å². The van der Waals surface area contributed by atoms with Crippen molar-refractivity contribution in [2.75, 3.05) is 0 Å². The van der Waals surface area contributed by atoms with E-state index >= 15 is 0 Å². The zero-order valence-electron chi connectivity index (χ0n) is 11.5. The van der Waals surface area contributed by atoms with Crippen molar-refractivity contribution in [1.29, 1.82) is 0 Å². The van der Waals surface area contributed by atoms with Crippen molar-refractivity contribution in [2.45, 2.75) is 18.8 Å². The molecule has 0 bridgehead atoms. The first-order valence-corrected chi connectivity index (χ1v) is 6.38. The van der Waals surface area contributed by atoms with Gasteiger partial charge in [0, 0.05) is 12.1 Å². The lowest BCUT2D eigenvalue weighted by Crippen LogP contribution is -2.22. The van der Waals surface area contributed by atoms with Gasteiger partial charge in [-0.05, 0) is 17.7 Å². The molecule has 9 heteroatoms. The first-order valence-electron chi connectivity index (χ1n) is 6.38. The van der Waals surface area contributed by atoms with Gasteiger partial charge in [0.05, 0.1) is 29.3 Å². The van der Waals surface area contributed by atoms with Crippen LogP contribution < -0.4 is 5.56 Å². The number of benzene rings is 1. The fraction of sp³-hybridized carbons (Fsp3) is 0.214. The van der Waals surface area contributed by atoms with Crippen molar-refractivity contribution in [3.05, 3.63) is 74.2 Å². The Bertz CT molecular complexity index is 769. The van der Waals surface area contributed by atoms with Crippen LogP contribution in [0.15, 0.2) is 47.4 Å². The summed E-state index contributed by atoms with van der Waals surface area (Å²) >= 11 is 0. The third-order valence-electron chi connectivity index (χ3n) is 3.17. The number of nitrogens with zero attached hydrogens (tertiary/aromatic N) is 2. The number of nitro groups is 1. The number of alkyl halides is 3. The number of halogens is 3. The largest absolute Gasteiger partial charge is 0.416 e. The molecule has 6 nitrogen and oxygen atoms in total. The van der Waals surface area contributed by atoms with E-state index in [1.807, 2.05) is 0 Å². The summed E-state index contributed by atoms with van der Waals surface area (Å²) in [6.07, 6.45) is -4.80. The van der Waals surface area contributed by atoms with Crippen molar-refractivity contribution in [3.63, 3.8) is 0 Å². The van der Waals surface area contributed by atoms with Crippen LogP contribution in [0.1, 0.15) is 17.2 Å². The summed E-state index contributed by atoms with van der Waals surface area (Å²) < 4.78 is 38.3. The molecule has 2 rings (SSSR count). The molecule has 1 atom stereocenters. The van der Waals surface area contributed by atoms with Gasteiger partial charge >= 0.3 is 6.18 Å². The van der Waals surface area contributed by atoms with Gasteiger partial charge in [0.2, 0.25) is 0 Å². The maximum Gasteiger partial charge on any atom is 0.416 e. The van der Waals surface area contributed by atoms with E-state index < -0.39 is 28.3 Å². The first kappa shape index (κ1) is 16.7. The zero-order valence-corrected chi connectivity index (χ0v) is 11.5. The Morgan fingerprint density at radius 3 is 2.30 bits per heavy atom. The number of pyridine rings is 1. The lowest BCUT2D eigenvalue weighted by Gasteiger charge is -2.14. The summed E-state index contributed by atoms with van der Waals surface area (Å²) in [5.74, 6) is 0. The molecule has 1 unspecified atom stereocenters. The Hall–Kier alpha value is -2.68. The lowest BCUT2D eigenvalue weighted by molar-refractivity contribution is -0.385. The number of aliphatic hydroxyl groups excluding tert-OH is 1. The normalized spacial score (nSPS) is 12.9. The number of hydrogen-bond acceptors (Lipinski definition) is 4. The second kappa shape index (κ2) is 6.21. The van der Waals surface area contributed by atoms with Gasteiger partial charge in [0.25, 0.3) is 11.2 Å². The average molecular weight is 328 g/mol. The van der Waals surface area contributed by atoms with Gasteiger partial charge in [-0.3, -0.25) is 14.9 Å². The highest BCUT2D eigenvalue weighted by Crippen LogP contribution is 2.30. The number of aromatic nitrogens is 1. The van der Waals surface area contributed by atoms with Gasteiger partial charge in [-0.25, -0.2) is 0 Å². The first-order chi connectivity index (χ1) is 10.7. The van der Waals surface area contributed by atoms with Gasteiger partial charge in [-0.1, -0.05) is 12.1 Å². The molecule has 0 fully saturated rings. The van der Waals surface area contributed by atoms with Crippen LogP contribution in [0.25, 0.3) is 0 Å². The Kier molecular flexibility index (Phi) is 4.50. The second-order valence-corrected chi connectivity index (χ2v) is 4.77. The third kappa shape index (κ3) is 3.95. The predicted molar refractivity (Wildman–Crippen MR) is 73.8 cm³/mol. The van der Waals surface area contributed by atoms with Crippen LogP contribution in [-0.2, 0) is 12.7 Å². The van der Waals surface area contributed by atoms with Gasteiger partial charge in [-0.15, -0.1) is 0 Å². The Labute approximate surface area is 127 Å². The van der Waals surface area contributed by atoms with Gasteiger partial charge in [0.1, 0.15) is 0 Å². The fourth-order valence-electron chi connectivity index (χ4n) is 1.96. The highest BCUT2D eigenvalue weighted by atomic mass is 19.4. The summed E-state index contributed by atoms with van der Waals surface area (Å²) in [5, 5.41) is 20.7. The van der Waals surface area contributed by atoms with E-state index in [-0.39, 0.29) is 17.8 Å². The summed E-state index contributed by atoms with van der Waals surface area (Å²) in [4.78, 5) is 21.6. The maximum atomic E-state index is 12.5. The molecule has 0 saturated heterocycles. The zero-order chi connectivity index (χ0) is 17.2. The van der Waals surface area contributed by atoms with Crippen LogP contribution in [0.4, 0.5) is 18.9 Å². The molecule has 0 aliphatic rings. The molecule has 0 radical (unpaired) electrons. The van der Waals surface area contributed by atoms with Crippen LogP contribution in [0.5, 0.6) is 0 Å². The molecular weight excluding hydrogens is 317 g/mol. The summed E-state index contributed by atoms with van der Waals surface area (Å²) in [5.41, 5.74) is -1.59. The van der Waals surface area contributed by atoms with E-state index in [0.29, 0.717) is 0 Å². The van der Waals surface area contributed by atoms with Gasteiger partial charge in [0.15, 0.2) is 0 Å². The number of aliphatic hydroxyl groups is 1. The van der Waals surface area contributed by atoms with Gasteiger partial charge in [-0.2, -0.15) is 13.2 Å². The lowest BCUT2D eigenvalue weighted by atomic mass is 10.1. The van der Waals surface area contributed by atoms with Gasteiger partial charge < -0.3 is 9.67 Å². The topological polar surface area (TPSA) is 85.4 Å². The molecular formula is C14H11F3N2O4. The molecule has 122 valence electrons.